The Hall–Kier alpha value is -10.2. The van der Waals surface area contributed by atoms with Crippen molar-refractivity contribution in [2.45, 2.75) is 78.7 Å². The van der Waals surface area contributed by atoms with Crippen molar-refractivity contribution in [1.29, 1.82) is 0 Å². The highest BCUT2D eigenvalue weighted by atomic mass is 35.5. The molecular formula is C80H86Cl6N18O10S. The molecule has 6 aliphatic rings. The number of aromatic nitrogens is 6. The molecule has 0 saturated carbocycles. The van der Waals surface area contributed by atoms with Crippen molar-refractivity contribution < 1.29 is 47.7 Å². The molecule has 115 heavy (non-hydrogen) atoms. The fraction of sp³-hybridized carbons (Fsp3) is 0.338. The highest BCUT2D eigenvalue weighted by Gasteiger charge is 2.36. The number of para-hydroxylation sites is 3. The molecule has 35 heteroatoms. The van der Waals surface area contributed by atoms with E-state index in [0.717, 1.165) is 67.6 Å². The molecule has 5 amide bonds. The number of thioether (sulfide) groups is 1. The van der Waals surface area contributed by atoms with Crippen molar-refractivity contribution in [2.24, 2.45) is 0 Å². The predicted octanol–water partition coefficient (Wildman–Crippen LogP) is 16.3. The number of carbonyl (C=O) groups excluding carboxylic acids is 5. The summed E-state index contributed by atoms with van der Waals surface area (Å²) in [6.07, 6.45) is 5.67. The van der Waals surface area contributed by atoms with E-state index in [9.17, 15) is 24.0 Å². The van der Waals surface area contributed by atoms with Crippen LogP contribution in [0.1, 0.15) is 89.3 Å². The molecule has 3 saturated heterocycles. The minimum atomic E-state index is -0.512. The summed E-state index contributed by atoms with van der Waals surface area (Å²) >= 11 is 38.7. The van der Waals surface area contributed by atoms with Crippen LogP contribution in [0.4, 0.5) is 72.7 Å². The Morgan fingerprint density at radius 3 is 1.13 bits per heavy atom. The van der Waals surface area contributed by atoms with Gasteiger partial charge in [-0.1, -0.05) is 99.6 Å². The maximum atomic E-state index is 13.1. The van der Waals surface area contributed by atoms with E-state index in [-0.39, 0.29) is 84.4 Å². The molecule has 28 nitrogen and oxygen atoms in total. The average Bonchev–Trinajstić information content (AvgIpc) is 0.768. The molecule has 9 heterocycles. The summed E-state index contributed by atoms with van der Waals surface area (Å²) in [7, 11) is 0. The molecule has 5 N–H and O–H groups in total. The van der Waals surface area contributed by atoms with Gasteiger partial charge < -0.3 is 69.9 Å². The van der Waals surface area contributed by atoms with Crippen LogP contribution >= 0.6 is 81.4 Å². The number of hydrogen-bond donors (Lipinski definition) is 4. The lowest BCUT2D eigenvalue weighted by Gasteiger charge is -2.37. The lowest BCUT2D eigenvalue weighted by Crippen LogP contribution is -2.50. The standard InChI is InChI=1S/C28H30Cl2N6O4.C23H22Cl2N6O2.C16H25N3O2.C13H9Cl2N3O2S/c1-17-14-18(8-9-22(17)34-10-12-35(13-11-34)27(38)40-28(2,3)4)32-26-31-15-19-24(33-26)39-16-36(25(19)37)23-20(29)6-5-7-21(23)30;1-14-11-15(5-6-19(14)30-9-7-26-8-10-30)28-23-27-12-16-21(29-23)33-13-31(22(16)32)20-17(24)3-2-4-18(20)25;1-12-11-13(17)5-6-14(12)18-7-9-19(10-8-18)15(20)21-16(2,3)4;1-21-13-16-5-7-11(17-13)20-6-18(12(7)19)10-8(14)3-2-4-9(10)15/h5-9,14-15H,10-13,16H2,1-4H3,(H,31,32,33);2-6,11-12,26H,7-10,13H2,1H3,(H,27,28,29);5-6,11H,7-10,17H2,1-4H3;2-5H,6H2,1H3. The maximum Gasteiger partial charge on any atom is 0.410 e. The third-order valence-corrected chi connectivity index (χ3v) is 21.0. The van der Waals surface area contributed by atoms with E-state index in [2.05, 4.69) is 86.5 Å². The van der Waals surface area contributed by atoms with E-state index in [1.165, 1.54) is 67.6 Å². The molecule has 3 fully saturated rings. The second-order valence-electron chi connectivity index (χ2n) is 29.1. The number of nitrogens with two attached hydrogens (primary N) is 1. The topological polar surface area (TPSA) is 297 Å². The first-order valence-corrected chi connectivity index (χ1v) is 40.2. The van der Waals surface area contributed by atoms with Crippen molar-refractivity contribution in [1.82, 2.24) is 45.0 Å². The fourth-order valence-corrected chi connectivity index (χ4v) is 15.2. The minimum absolute atomic E-state index is 0.000120. The number of benzene rings is 6. The molecule has 0 radical (unpaired) electrons. The first-order chi connectivity index (χ1) is 54.9. The highest BCUT2D eigenvalue weighted by molar-refractivity contribution is 7.98. The van der Waals surface area contributed by atoms with E-state index in [4.69, 9.17) is 99.0 Å². The van der Waals surface area contributed by atoms with Gasteiger partial charge >= 0.3 is 12.2 Å². The lowest BCUT2D eigenvalue weighted by atomic mass is 10.1. The fourth-order valence-electron chi connectivity index (χ4n) is 13.1. The Kier molecular flexibility index (Phi) is 26.9. The minimum Gasteiger partial charge on any atom is -0.455 e. The van der Waals surface area contributed by atoms with Crippen molar-refractivity contribution in [3.8, 4) is 17.6 Å². The van der Waals surface area contributed by atoms with E-state index in [1.807, 2.05) is 97.2 Å². The molecule has 3 aromatic heterocycles. The molecule has 6 aromatic carbocycles. The highest BCUT2D eigenvalue weighted by Crippen LogP contribution is 2.42. The van der Waals surface area contributed by atoms with Gasteiger partial charge in [-0.25, -0.2) is 24.5 Å². The largest absolute Gasteiger partial charge is 0.455 e. The number of nitrogens with one attached hydrogen (secondary N) is 3. The third kappa shape index (κ3) is 20.5. The van der Waals surface area contributed by atoms with Gasteiger partial charge in [0.25, 0.3) is 17.7 Å². The van der Waals surface area contributed by atoms with E-state index in [0.29, 0.717) is 104 Å². The molecule has 0 aliphatic carbocycles. The summed E-state index contributed by atoms with van der Waals surface area (Å²) in [4.78, 5) is 103. The van der Waals surface area contributed by atoms with Crippen LogP contribution in [0, 0.1) is 20.8 Å². The van der Waals surface area contributed by atoms with E-state index in [1.54, 1.807) is 64.4 Å². The number of amides is 5. The van der Waals surface area contributed by atoms with Gasteiger partial charge in [-0.2, -0.15) is 15.0 Å². The zero-order chi connectivity index (χ0) is 82.2. The van der Waals surface area contributed by atoms with Crippen molar-refractivity contribution in [3.05, 3.63) is 191 Å². The summed E-state index contributed by atoms with van der Waals surface area (Å²) in [6.45, 7) is 26.9. The Bertz CT molecular complexity index is 5060. The number of ether oxygens (including phenoxy) is 5. The van der Waals surface area contributed by atoms with Crippen LogP contribution in [-0.2, 0) is 9.47 Å². The number of piperazine rings is 3. The molecule has 0 bridgehead atoms. The number of fused-ring (bicyclic) bond motifs is 3. The van der Waals surface area contributed by atoms with Gasteiger partial charge in [0.15, 0.2) is 25.3 Å². The van der Waals surface area contributed by atoms with Crippen LogP contribution in [0.2, 0.25) is 30.1 Å². The first kappa shape index (κ1) is 84.2. The third-order valence-electron chi connectivity index (χ3n) is 18.6. The number of halogens is 6. The number of hydrogen-bond acceptors (Lipinski definition) is 24. The Balaban J connectivity index is 0.000000147. The first-order valence-electron chi connectivity index (χ1n) is 36.7. The molecule has 0 spiro atoms. The summed E-state index contributed by atoms with van der Waals surface area (Å²) in [5, 5.41) is 12.5. The second kappa shape index (κ2) is 36.7. The molecule has 0 atom stereocenters. The Morgan fingerprint density at radius 2 is 0.791 bits per heavy atom. The quantitative estimate of drug-likeness (QED) is 0.0531. The van der Waals surface area contributed by atoms with Crippen molar-refractivity contribution in [2.75, 3.05) is 151 Å². The Morgan fingerprint density at radius 1 is 0.461 bits per heavy atom. The Labute approximate surface area is 700 Å². The van der Waals surface area contributed by atoms with Gasteiger partial charge in [0.2, 0.25) is 29.5 Å². The van der Waals surface area contributed by atoms with Gasteiger partial charge in [0, 0.05) is 131 Å². The molecule has 604 valence electrons. The zero-order valence-electron chi connectivity index (χ0n) is 64.8. The van der Waals surface area contributed by atoms with E-state index < -0.39 is 11.2 Å². The second-order valence-corrected chi connectivity index (χ2v) is 32.3. The van der Waals surface area contributed by atoms with Gasteiger partial charge in [-0.3, -0.25) is 29.1 Å². The molecule has 0 unspecified atom stereocenters. The smallest absolute Gasteiger partial charge is 0.410 e. The molecule has 9 aromatic rings. The lowest BCUT2D eigenvalue weighted by molar-refractivity contribution is 0.0230. The van der Waals surface area contributed by atoms with E-state index >= 15 is 0 Å². The van der Waals surface area contributed by atoms with Crippen molar-refractivity contribution in [3.63, 3.8) is 0 Å². The van der Waals surface area contributed by atoms with Gasteiger partial charge in [0.05, 0.1) is 47.2 Å². The number of carbonyl (C=O) groups is 5. The van der Waals surface area contributed by atoms with Gasteiger partial charge in [0.1, 0.15) is 27.9 Å². The number of rotatable bonds is 11. The van der Waals surface area contributed by atoms with Crippen LogP contribution in [0.25, 0.3) is 0 Å². The van der Waals surface area contributed by atoms with Gasteiger partial charge in [-0.15, -0.1) is 0 Å². The summed E-state index contributed by atoms with van der Waals surface area (Å²) in [6, 6.07) is 33.2. The average molecular weight is 1700 g/mol. The van der Waals surface area contributed by atoms with Crippen LogP contribution in [0.15, 0.2) is 133 Å². The number of aryl methyl sites for hydroxylation is 3. The van der Waals surface area contributed by atoms with Crippen LogP contribution < -0.4 is 65.3 Å². The maximum absolute atomic E-state index is 13.1. The number of nitrogen functional groups attached to an aromatic ring is 1. The summed E-state index contributed by atoms with van der Waals surface area (Å²) in [5.41, 5.74) is 16.1. The zero-order valence-corrected chi connectivity index (χ0v) is 70.2. The van der Waals surface area contributed by atoms with Crippen LogP contribution in [0.5, 0.6) is 17.6 Å². The normalized spacial score (nSPS) is 15.4. The monoisotopic (exact) mass is 1700 g/mol. The van der Waals surface area contributed by atoms with Crippen LogP contribution in [-0.4, -0.2) is 186 Å². The predicted molar refractivity (Wildman–Crippen MR) is 454 cm³/mol. The number of nitrogens with zero attached hydrogens (tertiary/aromatic N) is 14. The molecule has 15 rings (SSSR count). The molecular weight excluding hydrogens is 1620 g/mol. The summed E-state index contributed by atoms with van der Waals surface area (Å²) in [5.74, 6) is 0.347. The molecule has 6 aliphatic heterocycles. The number of anilines is 11. The summed E-state index contributed by atoms with van der Waals surface area (Å²) < 4.78 is 28.0. The van der Waals surface area contributed by atoms with Crippen molar-refractivity contribution >= 4 is 174 Å². The van der Waals surface area contributed by atoms with Crippen LogP contribution in [0.3, 0.4) is 0 Å². The van der Waals surface area contributed by atoms with Gasteiger partial charge in [-0.05, 0) is 176 Å². The SMILES string of the molecule is CSc1ncc2c(n1)OCN(c1c(Cl)cccc1Cl)C2=O.Cc1cc(N)ccc1N1CCN(C(=O)OC(C)(C)C)CC1.Cc1cc(Nc2ncc3c(n2)OCN(c2c(Cl)cccc2Cl)C3=O)ccc1N1CCN(C(=O)OC(C)(C)C)CC1.Cc1cc(Nc2ncc3c(n2)OCN(c2c(Cl)cccc2Cl)C3=O)ccc1N1CCNCC1.